The van der Waals surface area contributed by atoms with Crippen LogP contribution in [0.15, 0.2) is 0 Å². The van der Waals surface area contributed by atoms with Gasteiger partial charge in [0.15, 0.2) is 0 Å². The van der Waals surface area contributed by atoms with E-state index in [0.717, 1.165) is 0 Å². The third kappa shape index (κ3) is 85.5. The first-order chi connectivity index (χ1) is 3.00. The van der Waals surface area contributed by atoms with Crippen molar-refractivity contribution in [3.05, 3.63) is 6.57 Å². The summed E-state index contributed by atoms with van der Waals surface area (Å²) in [6.07, 6.45) is 0. The van der Waals surface area contributed by atoms with Gasteiger partial charge in [0, 0.05) is 0 Å². The zero-order chi connectivity index (χ0) is 6.50. The second kappa shape index (κ2) is 25.1. The Kier molecular flexibility index (Phi) is 82.1. The predicted octanol–water partition coefficient (Wildman–Crippen LogP) is -14.7. The second-order valence-corrected chi connectivity index (χ2v) is 1.34. The molecule has 0 aliphatic rings. The topological polar surface area (TPSA) is 110 Å². The summed E-state index contributed by atoms with van der Waals surface area (Å²) in [7, 11) is -5.39. The molecule has 10 heteroatoms. The normalized spacial score (nSPS) is 5.55. The molecule has 0 spiro atoms. The second-order valence-electron chi connectivity index (χ2n) is 0.447. The van der Waals surface area contributed by atoms with Gasteiger partial charge in [-0.3, -0.25) is 0 Å². The predicted molar refractivity (Wildman–Crippen MR) is 12.6 cm³/mol. The van der Waals surface area contributed by atoms with E-state index in [4.69, 9.17) is 31.1 Å². The van der Waals surface area contributed by atoms with Crippen LogP contribution in [0.4, 0.5) is 0 Å². The number of hydrogen-bond acceptors (Lipinski definition) is 5. The van der Waals surface area contributed by atoms with Crippen molar-refractivity contribution in [3.8, 4) is 0 Å². The van der Waals surface area contributed by atoms with Gasteiger partial charge in [-0.25, -0.2) is 0 Å². The van der Waals surface area contributed by atoms with Crippen molar-refractivity contribution in [3.63, 3.8) is 0 Å². The molecule has 0 aromatic rings. The van der Waals surface area contributed by atoms with Crippen molar-refractivity contribution in [1.82, 2.24) is 0 Å². The number of nitrogens with zero attached hydrogens (tertiary/aromatic N) is 1. The van der Waals surface area contributed by atoms with E-state index in [1.165, 1.54) is 0 Å². The van der Waals surface area contributed by atoms with Crippen LogP contribution in [-0.2, 0) is 4.57 Å². The molecule has 0 aromatic carbocycles. The molecule has 0 aliphatic heterocycles. The van der Waals surface area contributed by atoms with Gasteiger partial charge in [-0.15, -0.1) is 0 Å². The summed E-state index contributed by atoms with van der Waals surface area (Å²) in [6, 6.07) is 0. The molecule has 11 heavy (non-hydrogen) atoms. The Balaban J connectivity index is -0.00000000972. The third-order valence-electron chi connectivity index (χ3n) is 0. The van der Waals surface area contributed by atoms with E-state index < -0.39 is 7.82 Å². The Labute approximate surface area is 236 Å². The van der Waals surface area contributed by atoms with Crippen LogP contribution in [0.1, 0.15) is 0 Å². The molecule has 0 heterocycles. The average molecular weight is 277 g/mol. The van der Waals surface area contributed by atoms with Crippen molar-refractivity contribution >= 4 is 7.82 Å². The largest absolute Gasteiger partial charge is 1.00 e. The number of rotatable bonds is 0. The molecule has 0 aromatic heterocycles. The molecular weight excluding hydrogens is 277 g/mol. The number of phosphoric acid groups is 1. The van der Waals surface area contributed by atoms with Crippen molar-refractivity contribution in [2.75, 3.05) is 0 Å². The van der Waals surface area contributed by atoms with Gasteiger partial charge in [0.05, 0.1) is 0 Å². The Morgan fingerprint density at radius 3 is 0.909 bits per heavy atom. The fraction of sp³-hybridized carbons (Fsp3) is 0. The average Bonchev–Trinajstić information content (AvgIpc) is 1.36. The molecule has 0 saturated heterocycles. The zero-order valence-corrected chi connectivity index (χ0v) is 20.4. The minimum absolute atomic E-state index is 0. The molecule has 0 unspecified atom stereocenters. The fourth-order valence-corrected chi connectivity index (χ4v) is 0. The molecule has 5 nitrogen and oxygen atoms in total. The Bertz CT molecular complexity index is 93.2. The summed E-state index contributed by atoms with van der Waals surface area (Å²) in [5.74, 6) is 0. The molecule has 0 radical (unpaired) electrons. The van der Waals surface area contributed by atoms with E-state index in [9.17, 15) is 0 Å². The monoisotopic (exact) mass is 277 g/mol. The smallest absolute Gasteiger partial charge is 0.822 e. The fourth-order valence-electron chi connectivity index (χ4n) is 0. The van der Waals surface area contributed by atoms with Crippen molar-refractivity contribution in [2.24, 2.45) is 0 Å². The van der Waals surface area contributed by atoms with Crippen LogP contribution in [-0.4, -0.2) is 0 Å². The summed E-state index contributed by atoms with van der Waals surface area (Å²) in [6.45, 7) is 4.75. The maximum Gasteiger partial charge on any atom is 1.00 e. The van der Waals surface area contributed by atoms with E-state index in [0.29, 0.717) is 0 Å². The van der Waals surface area contributed by atoms with Gasteiger partial charge >= 0.3 is 206 Å². The minimum Gasteiger partial charge on any atom is -0.822 e. The van der Waals surface area contributed by atoms with Crippen LogP contribution >= 0.6 is 7.82 Å². The molecule has 0 fully saturated rings. The van der Waals surface area contributed by atoms with Crippen LogP contribution in [0.5, 0.6) is 0 Å². The minimum atomic E-state index is -5.39. The standard InChI is InChI=1S/CN.4K.H3O4P/c1-2;;;;;1-5(2,3)4/h;;;;;(H3,1,2,3,4)/q-1;4*+1;/p-3. The Morgan fingerprint density at radius 1 is 0.909 bits per heavy atom. The van der Waals surface area contributed by atoms with Gasteiger partial charge in [-0.05, 0) is 0 Å². The van der Waals surface area contributed by atoms with Gasteiger partial charge in [0.25, 0.3) is 0 Å². The first-order valence-electron chi connectivity index (χ1n) is 0.954. The van der Waals surface area contributed by atoms with Crippen molar-refractivity contribution in [2.45, 2.75) is 0 Å². The zero-order valence-electron chi connectivity index (χ0n) is 7.03. The molecule has 0 saturated carbocycles. The van der Waals surface area contributed by atoms with E-state index in [2.05, 4.69) is 0 Å². The molecule has 0 atom stereocenters. The molecule has 0 amide bonds. The van der Waals surface area contributed by atoms with E-state index in [1.54, 1.807) is 0 Å². The molecule has 0 N–H and O–H groups in total. The van der Waals surface area contributed by atoms with Crippen LogP contribution < -0.4 is 220 Å². The van der Waals surface area contributed by atoms with E-state index >= 15 is 0 Å². The molecule has 0 bridgehead atoms. The van der Waals surface area contributed by atoms with Crippen molar-refractivity contribution < 1.29 is 225 Å². The van der Waals surface area contributed by atoms with Crippen LogP contribution in [0.3, 0.4) is 0 Å². The maximum atomic E-state index is 8.55. The SMILES string of the molecule is O=P([O-])([O-])[O-].[C-]#N.[K+].[K+].[K+].[K+]. The van der Waals surface area contributed by atoms with Gasteiger partial charge < -0.3 is 31.1 Å². The van der Waals surface area contributed by atoms with E-state index in [1.807, 2.05) is 0 Å². The van der Waals surface area contributed by atoms with Crippen LogP contribution in [0, 0.1) is 11.8 Å². The third-order valence-corrected chi connectivity index (χ3v) is 0. The molecular formula is CK4NO4P. The van der Waals surface area contributed by atoms with Gasteiger partial charge in [-0.1, -0.05) is 0 Å². The summed E-state index contributed by atoms with van der Waals surface area (Å²) in [4.78, 5) is 25.6. The quantitative estimate of drug-likeness (QED) is 0.248. The maximum absolute atomic E-state index is 8.55. The first-order valence-corrected chi connectivity index (χ1v) is 2.41. The van der Waals surface area contributed by atoms with Gasteiger partial charge in [-0.2, -0.15) is 7.82 Å². The summed E-state index contributed by atoms with van der Waals surface area (Å²) < 4.78 is 8.55. The van der Waals surface area contributed by atoms with Gasteiger partial charge in [0.2, 0.25) is 0 Å². The molecule has 0 aliphatic carbocycles. The Morgan fingerprint density at radius 2 is 0.909 bits per heavy atom. The van der Waals surface area contributed by atoms with Crippen molar-refractivity contribution in [1.29, 1.82) is 5.26 Å². The summed E-state index contributed by atoms with van der Waals surface area (Å²) in [5.41, 5.74) is 0. The molecule has 0 rings (SSSR count). The van der Waals surface area contributed by atoms with E-state index in [-0.39, 0.29) is 206 Å². The Hall–Kier alpha value is 6.15. The van der Waals surface area contributed by atoms with Gasteiger partial charge in [0.1, 0.15) is 0 Å². The summed E-state index contributed by atoms with van der Waals surface area (Å²) in [5, 5.41) is 6.25. The molecule has 42 valence electrons. The van der Waals surface area contributed by atoms with Crippen LogP contribution in [0.2, 0.25) is 0 Å². The first kappa shape index (κ1) is 36.0. The summed E-state index contributed by atoms with van der Waals surface area (Å²) >= 11 is 0. The van der Waals surface area contributed by atoms with Crippen LogP contribution in [0.25, 0.3) is 0 Å². The number of hydrogen-bond donors (Lipinski definition) is 0.